The van der Waals surface area contributed by atoms with Gasteiger partial charge in [0.15, 0.2) is 17.3 Å². The average molecular weight is 346 g/mol. The molecule has 3 heterocycles. The molecule has 0 atom stereocenters. The molecule has 0 aliphatic carbocycles. The highest BCUT2D eigenvalue weighted by Crippen LogP contribution is 2.33. The van der Waals surface area contributed by atoms with Crippen molar-refractivity contribution in [1.82, 2.24) is 15.0 Å². The predicted octanol–water partition coefficient (Wildman–Crippen LogP) is 1.15. The van der Waals surface area contributed by atoms with E-state index in [1.165, 1.54) is 0 Å². The smallest absolute Gasteiger partial charge is 0.320 e. The molecular formula is C15H18N6O4. The predicted molar refractivity (Wildman–Crippen MR) is 90.2 cm³/mol. The summed E-state index contributed by atoms with van der Waals surface area (Å²) in [5.74, 6) is 0.833. The Balaban J connectivity index is 1.64. The van der Waals surface area contributed by atoms with E-state index in [1.54, 1.807) is 18.3 Å². The molecule has 10 nitrogen and oxygen atoms in total. The van der Waals surface area contributed by atoms with Crippen LogP contribution < -0.4 is 20.1 Å². The Bertz CT molecular complexity index is 709. The molecule has 10 heteroatoms. The number of nitroso groups, excluding NO2 is 1. The summed E-state index contributed by atoms with van der Waals surface area (Å²) < 4.78 is 16.2. The fourth-order valence-electron chi connectivity index (χ4n) is 2.30. The highest BCUT2D eigenvalue weighted by atomic mass is 16.5. The molecule has 0 radical (unpaired) electrons. The Morgan fingerprint density at radius 3 is 2.72 bits per heavy atom. The van der Waals surface area contributed by atoms with Crippen LogP contribution in [0.4, 0.5) is 17.3 Å². The average Bonchev–Trinajstić information content (AvgIpc) is 2.66. The Morgan fingerprint density at radius 1 is 1.20 bits per heavy atom. The molecule has 0 unspecified atom stereocenters. The number of pyridine rings is 1. The Labute approximate surface area is 143 Å². The van der Waals surface area contributed by atoms with Gasteiger partial charge in [-0.1, -0.05) is 6.07 Å². The van der Waals surface area contributed by atoms with Gasteiger partial charge in [0.25, 0.3) is 0 Å². The summed E-state index contributed by atoms with van der Waals surface area (Å²) in [4.78, 5) is 25.2. The molecule has 1 fully saturated rings. The van der Waals surface area contributed by atoms with Gasteiger partial charge in [-0.2, -0.15) is 9.97 Å². The first-order valence-corrected chi connectivity index (χ1v) is 7.78. The normalized spacial score (nSPS) is 14.2. The summed E-state index contributed by atoms with van der Waals surface area (Å²) in [6.07, 6.45) is 1.64. The van der Waals surface area contributed by atoms with Crippen LogP contribution >= 0.6 is 0 Å². The van der Waals surface area contributed by atoms with Gasteiger partial charge in [0.2, 0.25) is 5.88 Å². The standard InChI is InChI=1S/C15H18N6O4/c16-13-12(20-22)14(21-5-7-23-8-6-21)19-15(18-13)25-10-9-24-11-3-1-2-4-17-11/h1-4H,5-10H2,(H2,16,18,19). The quantitative estimate of drug-likeness (QED) is 0.580. The minimum absolute atomic E-state index is 0.0129. The molecule has 3 rings (SSSR count). The third kappa shape index (κ3) is 4.29. The number of nitrogen functional groups attached to an aromatic ring is 1. The van der Waals surface area contributed by atoms with E-state index in [0.29, 0.717) is 38.0 Å². The highest BCUT2D eigenvalue weighted by molar-refractivity contribution is 5.73. The van der Waals surface area contributed by atoms with E-state index in [0.717, 1.165) is 0 Å². The lowest BCUT2D eigenvalue weighted by atomic mass is 10.3. The molecule has 1 aliphatic heterocycles. The van der Waals surface area contributed by atoms with Crippen LogP contribution in [-0.4, -0.2) is 54.5 Å². The summed E-state index contributed by atoms with van der Waals surface area (Å²) in [6.45, 7) is 2.71. The van der Waals surface area contributed by atoms with Crippen molar-refractivity contribution in [2.75, 3.05) is 50.2 Å². The molecule has 1 aliphatic rings. The molecule has 0 amide bonds. The van der Waals surface area contributed by atoms with E-state index in [1.807, 2.05) is 11.0 Å². The van der Waals surface area contributed by atoms with E-state index in [9.17, 15) is 4.91 Å². The van der Waals surface area contributed by atoms with E-state index in [2.05, 4.69) is 20.1 Å². The second kappa shape index (κ2) is 8.20. The number of rotatable bonds is 7. The molecule has 0 spiro atoms. The topological polar surface area (TPSA) is 125 Å². The third-order valence-corrected chi connectivity index (χ3v) is 3.48. The summed E-state index contributed by atoms with van der Waals surface area (Å²) in [5.41, 5.74) is 5.82. The Kier molecular flexibility index (Phi) is 5.52. The van der Waals surface area contributed by atoms with Crippen LogP contribution in [0.2, 0.25) is 0 Å². The maximum absolute atomic E-state index is 11.1. The number of aromatic nitrogens is 3. The van der Waals surface area contributed by atoms with Gasteiger partial charge in [0.1, 0.15) is 13.2 Å². The molecule has 0 aromatic carbocycles. The first-order chi connectivity index (χ1) is 12.3. The molecule has 2 N–H and O–H groups in total. The molecule has 132 valence electrons. The van der Waals surface area contributed by atoms with Crippen LogP contribution in [0.25, 0.3) is 0 Å². The molecule has 0 bridgehead atoms. The van der Waals surface area contributed by atoms with Gasteiger partial charge in [0, 0.05) is 25.4 Å². The van der Waals surface area contributed by atoms with Crippen molar-refractivity contribution in [3.8, 4) is 11.9 Å². The Hall–Kier alpha value is -3.01. The molecule has 0 saturated carbocycles. The van der Waals surface area contributed by atoms with Gasteiger partial charge < -0.3 is 24.8 Å². The van der Waals surface area contributed by atoms with E-state index < -0.39 is 0 Å². The van der Waals surface area contributed by atoms with Gasteiger partial charge in [0.05, 0.1) is 13.2 Å². The number of hydrogen-bond acceptors (Lipinski definition) is 10. The first-order valence-electron chi connectivity index (χ1n) is 7.78. The zero-order valence-electron chi connectivity index (χ0n) is 13.5. The maximum Gasteiger partial charge on any atom is 0.320 e. The van der Waals surface area contributed by atoms with Crippen LogP contribution in [0, 0.1) is 4.91 Å². The van der Waals surface area contributed by atoms with Crippen molar-refractivity contribution >= 4 is 17.3 Å². The number of morpholine rings is 1. The number of anilines is 2. The zero-order chi connectivity index (χ0) is 17.5. The number of ether oxygens (including phenoxy) is 3. The van der Waals surface area contributed by atoms with E-state index >= 15 is 0 Å². The number of nitrogens with two attached hydrogens (primary N) is 1. The van der Waals surface area contributed by atoms with Crippen LogP contribution in [0.15, 0.2) is 29.6 Å². The lowest BCUT2D eigenvalue weighted by molar-refractivity contribution is 0.122. The first kappa shape index (κ1) is 16.8. The van der Waals surface area contributed by atoms with Gasteiger partial charge in [-0.05, 0) is 11.2 Å². The third-order valence-electron chi connectivity index (χ3n) is 3.48. The number of hydrogen-bond donors (Lipinski definition) is 1. The summed E-state index contributed by atoms with van der Waals surface area (Å²) in [6, 6.07) is 5.44. The van der Waals surface area contributed by atoms with Crippen molar-refractivity contribution in [3.05, 3.63) is 29.3 Å². The second-order valence-corrected chi connectivity index (χ2v) is 5.12. The summed E-state index contributed by atoms with van der Waals surface area (Å²) >= 11 is 0. The maximum atomic E-state index is 11.1. The van der Waals surface area contributed by atoms with Gasteiger partial charge in [-0.15, -0.1) is 4.91 Å². The largest absolute Gasteiger partial charge is 0.474 e. The van der Waals surface area contributed by atoms with Crippen LogP contribution in [0.1, 0.15) is 0 Å². The highest BCUT2D eigenvalue weighted by Gasteiger charge is 2.21. The molecule has 2 aromatic rings. The second-order valence-electron chi connectivity index (χ2n) is 5.12. The lowest BCUT2D eigenvalue weighted by Gasteiger charge is -2.28. The fourth-order valence-corrected chi connectivity index (χ4v) is 2.30. The molecular weight excluding hydrogens is 328 g/mol. The van der Waals surface area contributed by atoms with Crippen molar-refractivity contribution < 1.29 is 14.2 Å². The SMILES string of the molecule is Nc1nc(OCCOc2ccccn2)nc(N2CCOCC2)c1N=O. The Morgan fingerprint density at radius 2 is 2.00 bits per heavy atom. The number of nitrogens with zero attached hydrogens (tertiary/aromatic N) is 5. The minimum atomic E-state index is -0.0212. The van der Waals surface area contributed by atoms with Crippen molar-refractivity contribution in [3.63, 3.8) is 0 Å². The van der Waals surface area contributed by atoms with Crippen LogP contribution in [0.3, 0.4) is 0 Å². The molecule has 1 saturated heterocycles. The van der Waals surface area contributed by atoms with E-state index in [-0.39, 0.29) is 30.7 Å². The summed E-state index contributed by atoms with van der Waals surface area (Å²) in [7, 11) is 0. The van der Waals surface area contributed by atoms with Gasteiger partial charge in [-0.25, -0.2) is 4.98 Å². The zero-order valence-corrected chi connectivity index (χ0v) is 13.5. The monoisotopic (exact) mass is 346 g/mol. The van der Waals surface area contributed by atoms with Crippen molar-refractivity contribution in [2.24, 2.45) is 5.18 Å². The molecule has 2 aromatic heterocycles. The van der Waals surface area contributed by atoms with Crippen molar-refractivity contribution in [1.29, 1.82) is 0 Å². The fraction of sp³-hybridized carbons (Fsp3) is 0.400. The van der Waals surface area contributed by atoms with E-state index in [4.69, 9.17) is 19.9 Å². The lowest BCUT2D eigenvalue weighted by Crippen LogP contribution is -2.37. The van der Waals surface area contributed by atoms with Gasteiger partial charge >= 0.3 is 6.01 Å². The van der Waals surface area contributed by atoms with Crippen LogP contribution in [0.5, 0.6) is 11.9 Å². The summed E-state index contributed by atoms with van der Waals surface area (Å²) in [5, 5.41) is 2.95. The van der Waals surface area contributed by atoms with Crippen LogP contribution in [-0.2, 0) is 4.74 Å². The minimum Gasteiger partial charge on any atom is -0.474 e. The van der Waals surface area contributed by atoms with Gasteiger partial charge in [-0.3, -0.25) is 0 Å². The molecule has 25 heavy (non-hydrogen) atoms. The van der Waals surface area contributed by atoms with Crippen molar-refractivity contribution in [2.45, 2.75) is 0 Å².